The van der Waals surface area contributed by atoms with Gasteiger partial charge in [-0.3, -0.25) is 9.78 Å². The molecule has 0 radical (unpaired) electrons. The van der Waals surface area contributed by atoms with Crippen LogP contribution in [-0.2, 0) is 4.79 Å². The maximum absolute atomic E-state index is 12.7. The van der Waals surface area contributed by atoms with Crippen molar-refractivity contribution < 1.29 is 9.53 Å². The van der Waals surface area contributed by atoms with Gasteiger partial charge < -0.3 is 14.5 Å². The first-order chi connectivity index (χ1) is 15.5. The van der Waals surface area contributed by atoms with Crippen LogP contribution < -0.4 is 9.64 Å². The van der Waals surface area contributed by atoms with Crippen LogP contribution in [0.25, 0.3) is 11.3 Å². The lowest BCUT2D eigenvalue weighted by Gasteiger charge is -2.35. The molecule has 1 amide bonds. The van der Waals surface area contributed by atoms with E-state index in [0.717, 1.165) is 34.0 Å². The van der Waals surface area contributed by atoms with Crippen molar-refractivity contribution in [1.82, 2.24) is 20.1 Å². The van der Waals surface area contributed by atoms with Crippen LogP contribution in [0.5, 0.6) is 5.75 Å². The van der Waals surface area contributed by atoms with Crippen LogP contribution >= 0.6 is 0 Å². The highest BCUT2D eigenvalue weighted by Gasteiger charge is 2.23. The van der Waals surface area contributed by atoms with Gasteiger partial charge in [0.05, 0.1) is 5.69 Å². The molecule has 0 saturated carbocycles. The molecule has 166 valence electrons. The van der Waals surface area contributed by atoms with Crippen molar-refractivity contribution in [3.05, 3.63) is 66.0 Å². The Morgan fingerprint density at radius 1 is 1.06 bits per heavy atom. The summed E-state index contributed by atoms with van der Waals surface area (Å²) in [6.07, 6.45) is 3.51. The summed E-state index contributed by atoms with van der Waals surface area (Å²) >= 11 is 0. The van der Waals surface area contributed by atoms with Gasteiger partial charge in [0.25, 0.3) is 5.91 Å². The summed E-state index contributed by atoms with van der Waals surface area (Å²) in [7, 11) is 0. The predicted octanol–water partition coefficient (Wildman–Crippen LogP) is 3.70. The fraction of sp³-hybridized carbons (Fsp3) is 0.360. The molecule has 0 aliphatic carbocycles. The molecule has 0 bridgehead atoms. The van der Waals surface area contributed by atoms with E-state index in [4.69, 9.17) is 4.74 Å². The summed E-state index contributed by atoms with van der Waals surface area (Å²) in [6, 6.07) is 13.9. The van der Waals surface area contributed by atoms with E-state index in [1.54, 1.807) is 12.4 Å². The van der Waals surface area contributed by atoms with Crippen molar-refractivity contribution in [2.24, 2.45) is 0 Å². The Morgan fingerprint density at radius 2 is 1.88 bits per heavy atom. The number of carbonyl (C=O) groups excluding carboxylic acids is 1. The third-order valence-corrected chi connectivity index (χ3v) is 5.71. The number of rotatable bonds is 6. The molecule has 0 unspecified atom stereocenters. The third kappa shape index (κ3) is 5.04. The maximum atomic E-state index is 12.7. The van der Waals surface area contributed by atoms with E-state index in [0.29, 0.717) is 32.1 Å². The van der Waals surface area contributed by atoms with Crippen LogP contribution in [0, 0.1) is 6.92 Å². The summed E-state index contributed by atoms with van der Waals surface area (Å²) in [4.78, 5) is 20.9. The Morgan fingerprint density at radius 3 is 2.53 bits per heavy atom. The van der Waals surface area contributed by atoms with Gasteiger partial charge in [0.1, 0.15) is 5.75 Å². The lowest BCUT2D eigenvalue weighted by molar-refractivity contribution is -0.133. The smallest absolute Gasteiger partial charge is 0.260 e. The number of nitrogens with zero attached hydrogens (tertiary/aromatic N) is 5. The molecular formula is C25H29N5O2. The number of aromatic nitrogens is 3. The molecule has 0 spiro atoms. The second-order valence-corrected chi connectivity index (χ2v) is 8.37. The number of amides is 1. The molecule has 1 aliphatic heterocycles. The van der Waals surface area contributed by atoms with Gasteiger partial charge >= 0.3 is 0 Å². The number of hydrogen-bond donors (Lipinski definition) is 0. The Kier molecular flexibility index (Phi) is 6.63. The average Bonchev–Trinajstić information content (AvgIpc) is 2.83. The highest BCUT2D eigenvalue weighted by molar-refractivity contribution is 5.78. The number of ether oxygens (including phenoxy) is 1. The van der Waals surface area contributed by atoms with Crippen LogP contribution in [-0.4, -0.2) is 58.8 Å². The topological polar surface area (TPSA) is 71.5 Å². The number of anilines is 1. The Balaban J connectivity index is 1.31. The SMILES string of the molecule is Cc1ccc(C(C)C)c(OCC(=O)N2CCN(c3ccc(-c4cccnc4)nn3)CC2)c1. The second-order valence-electron chi connectivity index (χ2n) is 8.37. The zero-order valence-corrected chi connectivity index (χ0v) is 18.9. The zero-order valence-electron chi connectivity index (χ0n) is 18.9. The molecule has 3 aromatic rings. The molecule has 4 rings (SSSR count). The van der Waals surface area contributed by atoms with Gasteiger partial charge in [-0.05, 0) is 54.3 Å². The first kappa shape index (κ1) is 21.7. The van der Waals surface area contributed by atoms with Crippen LogP contribution in [0.3, 0.4) is 0 Å². The maximum Gasteiger partial charge on any atom is 0.260 e. The molecule has 32 heavy (non-hydrogen) atoms. The van der Waals surface area contributed by atoms with Crippen molar-refractivity contribution >= 4 is 11.7 Å². The highest BCUT2D eigenvalue weighted by Crippen LogP contribution is 2.27. The minimum Gasteiger partial charge on any atom is -0.483 e. The first-order valence-corrected chi connectivity index (χ1v) is 11.0. The Labute approximate surface area is 189 Å². The lowest BCUT2D eigenvalue weighted by Crippen LogP contribution is -2.50. The van der Waals surface area contributed by atoms with E-state index in [2.05, 4.69) is 46.1 Å². The normalized spacial score (nSPS) is 14.0. The lowest BCUT2D eigenvalue weighted by atomic mass is 10.0. The minimum atomic E-state index is 0.0128. The van der Waals surface area contributed by atoms with Crippen LogP contribution in [0.4, 0.5) is 5.82 Å². The van der Waals surface area contributed by atoms with Crippen LogP contribution in [0.15, 0.2) is 54.9 Å². The van der Waals surface area contributed by atoms with Gasteiger partial charge in [-0.25, -0.2) is 0 Å². The largest absolute Gasteiger partial charge is 0.483 e. The van der Waals surface area contributed by atoms with E-state index < -0.39 is 0 Å². The molecule has 7 heteroatoms. The summed E-state index contributed by atoms with van der Waals surface area (Å²) < 4.78 is 5.93. The second kappa shape index (κ2) is 9.77. The van der Waals surface area contributed by atoms with Gasteiger partial charge in [-0.15, -0.1) is 10.2 Å². The molecule has 1 saturated heterocycles. The molecule has 0 N–H and O–H groups in total. The molecule has 7 nitrogen and oxygen atoms in total. The van der Waals surface area contributed by atoms with Gasteiger partial charge in [0.15, 0.2) is 12.4 Å². The zero-order chi connectivity index (χ0) is 22.5. The van der Waals surface area contributed by atoms with Crippen molar-refractivity contribution in [2.45, 2.75) is 26.7 Å². The number of hydrogen-bond acceptors (Lipinski definition) is 6. The fourth-order valence-electron chi connectivity index (χ4n) is 3.82. The average molecular weight is 432 g/mol. The molecule has 3 heterocycles. The number of piperazine rings is 1. The first-order valence-electron chi connectivity index (χ1n) is 11.0. The number of pyridine rings is 1. The van der Waals surface area contributed by atoms with Crippen molar-refractivity contribution in [3.63, 3.8) is 0 Å². The van der Waals surface area contributed by atoms with Crippen LogP contribution in [0.1, 0.15) is 30.9 Å². The minimum absolute atomic E-state index is 0.0128. The molecule has 1 aliphatic rings. The van der Waals surface area contributed by atoms with E-state index >= 15 is 0 Å². The molecule has 2 aromatic heterocycles. The molecule has 1 aromatic carbocycles. The molecule has 0 atom stereocenters. The van der Waals surface area contributed by atoms with Crippen LogP contribution in [0.2, 0.25) is 0 Å². The van der Waals surface area contributed by atoms with E-state index in [-0.39, 0.29) is 12.5 Å². The predicted molar refractivity (Wildman–Crippen MR) is 125 cm³/mol. The third-order valence-electron chi connectivity index (χ3n) is 5.71. The number of benzene rings is 1. The number of aryl methyl sites for hydroxylation is 1. The summed E-state index contributed by atoms with van der Waals surface area (Å²) in [5, 5.41) is 8.72. The summed E-state index contributed by atoms with van der Waals surface area (Å²) in [5.41, 5.74) is 3.99. The van der Waals surface area contributed by atoms with E-state index in [1.807, 2.05) is 42.2 Å². The van der Waals surface area contributed by atoms with Gasteiger partial charge in [0.2, 0.25) is 0 Å². The van der Waals surface area contributed by atoms with Crippen molar-refractivity contribution in [3.8, 4) is 17.0 Å². The van der Waals surface area contributed by atoms with Gasteiger partial charge in [0, 0.05) is 44.1 Å². The van der Waals surface area contributed by atoms with Gasteiger partial charge in [-0.1, -0.05) is 26.0 Å². The Hall–Kier alpha value is -3.48. The molecular weight excluding hydrogens is 402 g/mol. The summed E-state index contributed by atoms with van der Waals surface area (Å²) in [6.45, 7) is 9.06. The fourth-order valence-corrected chi connectivity index (χ4v) is 3.82. The summed E-state index contributed by atoms with van der Waals surface area (Å²) in [5.74, 6) is 1.98. The van der Waals surface area contributed by atoms with Gasteiger partial charge in [-0.2, -0.15) is 0 Å². The van der Waals surface area contributed by atoms with E-state index in [9.17, 15) is 4.79 Å². The Bertz CT molecular complexity index is 1050. The number of carbonyl (C=O) groups is 1. The quantitative estimate of drug-likeness (QED) is 0.593. The van der Waals surface area contributed by atoms with Crippen molar-refractivity contribution in [2.75, 3.05) is 37.7 Å². The van der Waals surface area contributed by atoms with Crippen molar-refractivity contribution in [1.29, 1.82) is 0 Å². The highest BCUT2D eigenvalue weighted by atomic mass is 16.5. The monoisotopic (exact) mass is 431 g/mol. The van der Waals surface area contributed by atoms with E-state index in [1.165, 1.54) is 0 Å². The standard InChI is InChI=1S/C25H29N5O2/c1-18(2)21-7-6-19(3)15-23(21)32-17-25(31)30-13-11-29(12-14-30)24-9-8-22(27-28-24)20-5-4-10-26-16-20/h4-10,15-16,18H,11-14,17H2,1-3H3. The molecule has 1 fully saturated rings.